The Bertz CT molecular complexity index is 187. The second kappa shape index (κ2) is 4.16. The van der Waals surface area contributed by atoms with Gasteiger partial charge in [-0.05, 0) is 30.6 Å². The molecule has 1 aliphatic carbocycles. The van der Waals surface area contributed by atoms with Crippen molar-refractivity contribution in [1.29, 1.82) is 0 Å². The van der Waals surface area contributed by atoms with Gasteiger partial charge in [-0.1, -0.05) is 27.7 Å². The summed E-state index contributed by atoms with van der Waals surface area (Å²) in [6.07, 6.45) is 1.47. The van der Waals surface area contributed by atoms with Gasteiger partial charge < -0.3 is 0 Å². The highest BCUT2D eigenvalue weighted by Crippen LogP contribution is 2.51. The zero-order valence-electron chi connectivity index (χ0n) is 9.69. The molecule has 1 aliphatic rings. The molecule has 1 fully saturated rings. The summed E-state index contributed by atoms with van der Waals surface area (Å²) in [6, 6.07) is 0. The van der Waals surface area contributed by atoms with Crippen LogP contribution in [-0.4, -0.2) is 5.92 Å². The summed E-state index contributed by atoms with van der Waals surface area (Å²) in [5, 5.41) is 0. The molecular formula is C12H22F2. The van der Waals surface area contributed by atoms with E-state index in [1.54, 1.807) is 0 Å². The minimum atomic E-state index is -2.40. The van der Waals surface area contributed by atoms with E-state index in [1.165, 1.54) is 0 Å². The van der Waals surface area contributed by atoms with E-state index in [1.807, 2.05) is 6.92 Å². The van der Waals surface area contributed by atoms with Gasteiger partial charge in [-0.3, -0.25) is 0 Å². The lowest BCUT2D eigenvalue weighted by Gasteiger charge is -2.20. The molecule has 3 atom stereocenters. The van der Waals surface area contributed by atoms with Gasteiger partial charge in [0.1, 0.15) is 0 Å². The Morgan fingerprint density at radius 1 is 1.29 bits per heavy atom. The van der Waals surface area contributed by atoms with Gasteiger partial charge in [0.15, 0.2) is 0 Å². The highest BCUT2D eigenvalue weighted by atomic mass is 19.3. The normalized spacial score (nSPS) is 29.4. The topological polar surface area (TPSA) is 0 Å². The van der Waals surface area contributed by atoms with Gasteiger partial charge in [-0.25, -0.2) is 8.78 Å². The van der Waals surface area contributed by atoms with Crippen LogP contribution in [0.2, 0.25) is 0 Å². The maximum absolute atomic E-state index is 13.5. The number of hydrogen-bond acceptors (Lipinski definition) is 0. The lowest BCUT2D eigenvalue weighted by atomic mass is 9.91. The van der Waals surface area contributed by atoms with E-state index >= 15 is 0 Å². The van der Waals surface area contributed by atoms with Gasteiger partial charge in [0, 0.05) is 12.3 Å². The lowest BCUT2D eigenvalue weighted by Crippen LogP contribution is -2.21. The van der Waals surface area contributed by atoms with Gasteiger partial charge in [0.25, 0.3) is 5.92 Å². The fraction of sp³-hybridized carbons (Fsp3) is 1.00. The van der Waals surface area contributed by atoms with E-state index < -0.39 is 5.92 Å². The Labute approximate surface area is 86.1 Å². The lowest BCUT2D eigenvalue weighted by molar-refractivity contribution is -0.0404. The Balaban J connectivity index is 2.29. The summed E-state index contributed by atoms with van der Waals surface area (Å²) in [6.45, 7) is 8.19. The highest BCUT2D eigenvalue weighted by Gasteiger charge is 2.51. The predicted molar refractivity (Wildman–Crippen MR) is 55.5 cm³/mol. The zero-order valence-corrected chi connectivity index (χ0v) is 9.69. The summed E-state index contributed by atoms with van der Waals surface area (Å²) in [5.41, 5.74) is 0. The molecule has 0 aromatic heterocycles. The molecule has 0 radical (unpaired) electrons. The van der Waals surface area contributed by atoms with Crippen molar-refractivity contribution in [3.63, 3.8) is 0 Å². The molecule has 0 nitrogen and oxygen atoms in total. The van der Waals surface area contributed by atoms with Crippen LogP contribution >= 0.6 is 0 Å². The summed E-state index contributed by atoms with van der Waals surface area (Å²) in [5.74, 6) is -1.54. The van der Waals surface area contributed by atoms with Crippen molar-refractivity contribution in [1.82, 2.24) is 0 Å². The fourth-order valence-corrected chi connectivity index (χ4v) is 1.85. The van der Waals surface area contributed by atoms with E-state index in [0.717, 1.165) is 6.42 Å². The molecule has 0 heterocycles. The van der Waals surface area contributed by atoms with Crippen molar-refractivity contribution in [3.8, 4) is 0 Å². The van der Waals surface area contributed by atoms with Crippen molar-refractivity contribution < 1.29 is 8.78 Å². The van der Waals surface area contributed by atoms with Crippen molar-refractivity contribution in [2.75, 3.05) is 0 Å². The molecule has 0 N–H and O–H groups in total. The first-order valence-corrected chi connectivity index (χ1v) is 5.72. The van der Waals surface area contributed by atoms with Crippen LogP contribution in [0, 0.1) is 23.7 Å². The monoisotopic (exact) mass is 204 g/mol. The molecule has 1 saturated carbocycles. The second-order valence-electron chi connectivity index (χ2n) is 5.34. The molecule has 0 amide bonds. The molecule has 0 aromatic carbocycles. The van der Waals surface area contributed by atoms with E-state index in [-0.39, 0.29) is 18.3 Å². The first-order valence-electron chi connectivity index (χ1n) is 5.72. The SMILES string of the molecule is CC(C)C(C)CCC(F)(F)C1CC1C. The van der Waals surface area contributed by atoms with Crippen LogP contribution in [0.4, 0.5) is 8.78 Å². The molecule has 1 rings (SSSR count). The van der Waals surface area contributed by atoms with Gasteiger partial charge in [-0.2, -0.15) is 0 Å². The maximum atomic E-state index is 13.5. The molecule has 0 aromatic rings. The third-order valence-corrected chi connectivity index (χ3v) is 3.72. The molecule has 0 spiro atoms. The summed E-state index contributed by atoms with van der Waals surface area (Å²) < 4.78 is 27.0. The van der Waals surface area contributed by atoms with Gasteiger partial charge in [0.2, 0.25) is 0 Å². The average Bonchev–Trinajstić information content (AvgIpc) is 2.79. The number of alkyl halides is 2. The number of rotatable bonds is 5. The predicted octanol–water partition coefficient (Wildman–Crippen LogP) is 4.35. The van der Waals surface area contributed by atoms with Crippen LogP contribution in [-0.2, 0) is 0 Å². The van der Waals surface area contributed by atoms with Crippen molar-refractivity contribution >= 4 is 0 Å². The van der Waals surface area contributed by atoms with Crippen LogP contribution in [0.25, 0.3) is 0 Å². The molecular weight excluding hydrogens is 182 g/mol. The molecule has 2 heteroatoms. The van der Waals surface area contributed by atoms with Crippen molar-refractivity contribution in [2.45, 2.75) is 52.9 Å². The Morgan fingerprint density at radius 3 is 2.14 bits per heavy atom. The van der Waals surface area contributed by atoms with E-state index in [2.05, 4.69) is 20.8 Å². The van der Waals surface area contributed by atoms with Crippen LogP contribution < -0.4 is 0 Å². The number of halogens is 2. The maximum Gasteiger partial charge on any atom is 0.251 e. The molecule has 0 aliphatic heterocycles. The molecule has 84 valence electrons. The first-order chi connectivity index (χ1) is 6.34. The second-order valence-corrected chi connectivity index (χ2v) is 5.34. The molecule has 0 bridgehead atoms. The smallest absolute Gasteiger partial charge is 0.207 e. The number of hydrogen-bond donors (Lipinski definition) is 0. The molecule has 0 saturated heterocycles. The van der Waals surface area contributed by atoms with Gasteiger partial charge in [-0.15, -0.1) is 0 Å². The Hall–Kier alpha value is -0.140. The third kappa shape index (κ3) is 2.93. The molecule has 14 heavy (non-hydrogen) atoms. The van der Waals surface area contributed by atoms with E-state index in [0.29, 0.717) is 18.3 Å². The van der Waals surface area contributed by atoms with Crippen LogP contribution in [0.15, 0.2) is 0 Å². The average molecular weight is 204 g/mol. The minimum Gasteiger partial charge on any atom is -0.207 e. The standard InChI is InChI=1S/C12H22F2/c1-8(2)9(3)5-6-12(13,14)11-7-10(11)4/h8-11H,5-7H2,1-4H3. The Morgan fingerprint density at radius 2 is 1.79 bits per heavy atom. The third-order valence-electron chi connectivity index (χ3n) is 3.72. The summed E-state index contributed by atoms with van der Waals surface area (Å²) in [7, 11) is 0. The van der Waals surface area contributed by atoms with Crippen LogP contribution in [0.5, 0.6) is 0 Å². The van der Waals surface area contributed by atoms with Crippen LogP contribution in [0.1, 0.15) is 47.0 Å². The van der Waals surface area contributed by atoms with Gasteiger partial charge >= 0.3 is 0 Å². The zero-order chi connectivity index (χ0) is 10.9. The summed E-state index contributed by atoms with van der Waals surface area (Å²) in [4.78, 5) is 0. The van der Waals surface area contributed by atoms with Gasteiger partial charge in [0.05, 0.1) is 0 Å². The largest absolute Gasteiger partial charge is 0.251 e. The van der Waals surface area contributed by atoms with E-state index in [9.17, 15) is 8.78 Å². The quantitative estimate of drug-likeness (QED) is 0.624. The first kappa shape index (κ1) is 11.9. The highest BCUT2D eigenvalue weighted by molar-refractivity contribution is 4.93. The summed E-state index contributed by atoms with van der Waals surface area (Å²) >= 11 is 0. The van der Waals surface area contributed by atoms with Crippen molar-refractivity contribution in [3.05, 3.63) is 0 Å². The molecule has 3 unspecified atom stereocenters. The van der Waals surface area contributed by atoms with E-state index in [4.69, 9.17) is 0 Å². The Kier molecular flexibility index (Phi) is 3.54. The van der Waals surface area contributed by atoms with Crippen LogP contribution in [0.3, 0.4) is 0 Å². The van der Waals surface area contributed by atoms with Crippen molar-refractivity contribution in [2.24, 2.45) is 23.7 Å². The fourth-order valence-electron chi connectivity index (χ4n) is 1.85. The minimum absolute atomic E-state index is 0.0847.